The van der Waals surface area contributed by atoms with Crippen molar-refractivity contribution in [1.29, 1.82) is 0 Å². The number of nitrogens with zero attached hydrogens (tertiary/aromatic N) is 1. The van der Waals surface area contributed by atoms with Crippen LogP contribution in [0.2, 0.25) is 0 Å². The molecule has 1 aromatic heterocycles. The fourth-order valence-corrected chi connectivity index (χ4v) is 2.74. The van der Waals surface area contributed by atoms with Crippen LogP contribution in [0.1, 0.15) is 5.56 Å². The molecule has 0 saturated carbocycles. The van der Waals surface area contributed by atoms with Crippen LogP contribution in [0.3, 0.4) is 0 Å². The summed E-state index contributed by atoms with van der Waals surface area (Å²) in [5, 5.41) is 13.6. The Labute approximate surface area is 126 Å². The molecule has 5 heteroatoms. The summed E-state index contributed by atoms with van der Waals surface area (Å²) in [6.07, 6.45) is 0. The molecule has 0 bridgehead atoms. The third kappa shape index (κ3) is 3.07. The molecule has 104 valence electrons. The third-order valence-electron chi connectivity index (χ3n) is 2.88. The number of benzene rings is 2. The van der Waals surface area contributed by atoms with Crippen molar-refractivity contribution >= 4 is 32.4 Å². The predicted octanol–water partition coefficient (Wildman–Crippen LogP) is 3.05. The SMILES string of the molecule is Nc1nc2c(O)cc(C#CCNc3ccccc3)cc2s1. The molecule has 0 spiro atoms. The number of thiazole rings is 1. The van der Waals surface area contributed by atoms with Crippen LogP contribution < -0.4 is 11.1 Å². The van der Waals surface area contributed by atoms with Crippen LogP contribution in [0.25, 0.3) is 10.2 Å². The first-order chi connectivity index (χ1) is 10.2. The summed E-state index contributed by atoms with van der Waals surface area (Å²) >= 11 is 1.34. The number of hydrogen-bond acceptors (Lipinski definition) is 5. The summed E-state index contributed by atoms with van der Waals surface area (Å²) in [6, 6.07) is 13.4. The van der Waals surface area contributed by atoms with E-state index in [4.69, 9.17) is 5.73 Å². The molecule has 0 aliphatic carbocycles. The fourth-order valence-electron chi connectivity index (χ4n) is 1.95. The van der Waals surface area contributed by atoms with E-state index in [0.717, 1.165) is 16.0 Å². The highest BCUT2D eigenvalue weighted by Gasteiger charge is 2.07. The largest absolute Gasteiger partial charge is 0.506 e. The second kappa shape index (κ2) is 5.73. The molecule has 0 unspecified atom stereocenters. The van der Waals surface area contributed by atoms with Gasteiger partial charge in [-0.3, -0.25) is 0 Å². The Morgan fingerprint density at radius 1 is 1.24 bits per heavy atom. The van der Waals surface area contributed by atoms with E-state index in [9.17, 15) is 5.11 Å². The molecule has 0 aliphatic heterocycles. The number of nitrogens with two attached hydrogens (primary N) is 1. The topological polar surface area (TPSA) is 71.2 Å². The highest BCUT2D eigenvalue weighted by Crippen LogP contribution is 2.31. The van der Waals surface area contributed by atoms with E-state index in [1.54, 1.807) is 6.07 Å². The highest BCUT2D eigenvalue weighted by atomic mass is 32.1. The average Bonchev–Trinajstić information content (AvgIpc) is 2.86. The molecule has 3 aromatic rings. The van der Waals surface area contributed by atoms with Crippen LogP contribution in [-0.2, 0) is 0 Å². The summed E-state index contributed by atoms with van der Waals surface area (Å²) in [4.78, 5) is 4.08. The summed E-state index contributed by atoms with van der Waals surface area (Å²) in [5.74, 6) is 6.16. The zero-order valence-electron chi connectivity index (χ0n) is 11.1. The Morgan fingerprint density at radius 2 is 2.05 bits per heavy atom. The van der Waals surface area contributed by atoms with Crippen molar-refractivity contribution in [2.24, 2.45) is 0 Å². The summed E-state index contributed by atoms with van der Waals surface area (Å²) < 4.78 is 0.841. The lowest BCUT2D eigenvalue weighted by Gasteiger charge is -2.00. The number of phenolic OH excluding ortho intramolecular Hbond substituents is 1. The van der Waals surface area contributed by atoms with Crippen LogP contribution in [-0.4, -0.2) is 16.6 Å². The molecule has 4 nitrogen and oxygen atoms in total. The number of fused-ring (bicyclic) bond motifs is 1. The minimum Gasteiger partial charge on any atom is -0.506 e. The number of para-hydroxylation sites is 1. The fraction of sp³-hybridized carbons (Fsp3) is 0.0625. The number of rotatable bonds is 2. The van der Waals surface area contributed by atoms with Crippen molar-refractivity contribution in [3.05, 3.63) is 48.0 Å². The van der Waals surface area contributed by atoms with E-state index in [2.05, 4.69) is 22.1 Å². The second-order valence-electron chi connectivity index (χ2n) is 4.42. The Hall–Kier alpha value is -2.71. The molecule has 2 aromatic carbocycles. The van der Waals surface area contributed by atoms with Gasteiger partial charge in [0, 0.05) is 11.3 Å². The lowest BCUT2D eigenvalue weighted by Crippen LogP contribution is -1.97. The average molecular weight is 295 g/mol. The van der Waals surface area contributed by atoms with Crippen molar-refractivity contribution in [3.8, 4) is 17.6 Å². The minimum atomic E-state index is 0.112. The lowest BCUT2D eigenvalue weighted by molar-refractivity contribution is 0.480. The first kappa shape index (κ1) is 13.3. The van der Waals surface area contributed by atoms with Crippen molar-refractivity contribution in [1.82, 2.24) is 4.98 Å². The molecular weight excluding hydrogens is 282 g/mol. The van der Waals surface area contributed by atoms with E-state index in [-0.39, 0.29) is 5.75 Å². The standard InChI is InChI=1S/C16H13N3OS/c17-16-19-15-13(20)9-11(10-14(15)21-16)5-4-8-18-12-6-2-1-3-7-12/h1-3,6-7,9-10,18,20H,8H2,(H2,17,19). The van der Waals surface area contributed by atoms with E-state index in [1.165, 1.54) is 11.3 Å². The van der Waals surface area contributed by atoms with Gasteiger partial charge in [-0.05, 0) is 24.3 Å². The summed E-state index contributed by atoms with van der Waals surface area (Å²) in [5.41, 5.74) is 7.96. The second-order valence-corrected chi connectivity index (χ2v) is 5.48. The molecule has 0 radical (unpaired) electrons. The Bertz CT molecular complexity index is 831. The van der Waals surface area contributed by atoms with E-state index < -0.39 is 0 Å². The lowest BCUT2D eigenvalue weighted by atomic mass is 10.2. The molecule has 21 heavy (non-hydrogen) atoms. The zero-order valence-corrected chi connectivity index (χ0v) is 11.9. The maximum absolute atomic E-state index is 9.91. The van der Waals surface area contributed by atoms with Crippen molar-refractivity contribution in [2.75, 3.05) is 17.6 Å². The molecule has 0 amide bonds. The summed E-state index contributed by atoms with van der Waals surface area (Å²) in [7, 11) is 0. The van der Waals surface area contributed by atoms with Crippen molar-refractivity contribution < 1.29 is 5.11 Å². The van der Waals surface area contributed by atoms with Crippen LogP contribution in [0.5, 0.6) is 5.75 Å². The van der Waals surface area contributed by atoms with Gasteiger partial charge >= 0.3 is 0 Å². The van der Waals surface area contributed by atoms with Crippen molar-refractivity contribution in [2.45, 2.75) is 0 Å². The quantitative estimate of drug-likeness (QED) is 0.635. The van der Waals surface area contributed by atoms with Gasteiger partial charge in [-0.2, -0.15) is 0 Å². The molecule has 3 rings (SSSR count). The van der Waals surface area contributed by atoms with Gasteiger partial charge in [0.15, 0.2) is 5.13 Å². The van der Waals surface area contributed by atoms with Gasteiger partial charge in [0.1, 0.15) is 11.3 Å². The maximum atomic E-state index is 9.91. The van der Waals surface area contributed by atoms with Crippen LogP contribution in [0.4, 0.5) is 10.8 Å². The van der Waals surface area contributed by atoms with Gasteiger partial charge in [-0.1, -0.05) is 41.4 Å². The first-order valence-corrected chi connectivity index (χ1v) is 7.21. The Balaban J connectivity index is 1.75. The van der Waals surface area contributed by atoms with Gasteiger partial charge in [0.05, 0.1) is 11.2 Å². The summed E-state index contributed by atoms with van der Waals surface area (Å²) in [6.45, 7) is 0.535. The van der Waals surface area contributed by atoms with E-state index in [0.29, 0.717) is 17.2 Å². The third-order valence-corrected chi connectivity index (χ3v) is 3.71. The van der Waals surface area contributed by atoms with Crippen LogP contribution >= 0.6 is 11.3 Å². The molecule has 1 heterocycles. The molecule has 0 saturated heterocycles. The van der Waals surface area contributed by atoms with Crippen LogP contribution in [0.15, 0.2) is 42.5 Å². The predicted molar refractivity (Wildman–Crippen MR) is 87.5 cm³/mol. The molecular formula is C16H13N3OS. The Morgan fingerprint density at radius 3 is 2.86 bits per heavy atom. The highest BCUT2D eigenvalue weighted by molar-refractivity contribution is 7.22. The molecule has 0 aliphatic rings. The molecule has 4 N–H and O–H groups in total. The number of anilines is 2. The van der Waals surface area contributed by atoms with Gasteiger partial charge < -0.3 is 16.2 Å². The van der Waals surface area contributed by atoms with Crippen molar-refractivity contribution in [3.63, 3.8) is 0 Å². The monoisotopic (exact) mass is 295 g/mol. The maximum Gasteiger partial charge on any atom is 0.181 e. The number of nitrogen functional groups attached to an aromatic ring is 1. The van der Waals surface area contributed by atoms with E-state index in [1.807, 2.05) is 36.4 Å². The molecule has 0 fully saturated rings. The molecule has 0 atom stereocenters. The van der Waals surface area contributed by atoms with Gasteiger partial charge in [-0.15, -0.1) is 0 Å². The number of hydrogen-bond donors (Lipinski definition) is 3. The van der Waals surface area contributed by atoms with Gasteiger partial charge in [0.2, 0.25) is 0 Å². The minimum absolute atomic E-state index is 0.112. The number of aromatic hydroxyl groups is 1. The Kier molecular flexibility index (Phi) is 3.63. The number of nitrogens with one attached hydrogen (secondary N) is 1. The number of aromatic nitrogens is 1. The zero-order chi connectivity index (χ0) is 14.7. The van der Waals surface area contributed by atoms with Crippen LogP contribution in [0, 0.1) is 11.8 Å². The van der Waals surface area contributed by atoms with Gasteiger partial charge in [0.25, 0.3) is 0 Å². The first-order valence-electron chi connectivity index (χ1n) is 6.39. The van der Waals surface area contributed by atoms with Gasteiger partial charge in [-0.25, -0.2) is 4.98 Å². The van der Waals surface area contributed by atoms with E-state index >= 15 is 0 Å². The number of phenols is 1. The normalized spacial score (nSPS) is 10.1. The smallest absolute Gasteiger partial charge is 0.181 e.